The van der Waals surface area contributed by atoms with Crippen LogP contribution in [0.25, 0.3) is 0 Å². The summed E-state index contributed by atoms with van der Waals surface area (Å²) in [6, 6.07) is 13.8. The summed E-state index contributed by atoms with van der Waals surface area (Å²) >= 11 is 1.56. The summed E-state index contributed by atoms with van der Waals surface area (Å²) in [6.45, 7) is 4.96. The molecule has 0 fully saturated rings. The molecule has 26 heavy (non-hydrogen) atoms. The number of aromatic nitrogens is 2. The fraction of sp³-hybridized carbons (Fsp3) is 0.250. The van der Waals surface area contributed by atoms with E-state index in [0.717, 1.165) is 31.7 Å². The molecular weight excluding hydrogens is 344 g/mol. The molecule has 1 amide bonds. The van der Waals surface area contributed by atoms with E-state index in [1.165, 1.54) is 16.0 Å². The number of nitrogens with one attached hydrogen (secondary N) is 1. The number of benzene rings is 1. The van der Waals surface area contributed by atoms with Gasteiger partial charge in [0.15, 0.2) is 5.13 Å². The van der Waals surface area contributed by atoms with Gasteiger partial charge in [0.1, 0.15) is 5.69 Å². The van der Waals surface area contributed by atoms with E-state index in [0.29, 0.717) is 10.8 Å². The monoisotopic (exact) mass is 364 g/mol. The van der Waals surface area contributed by atoms with Crippen molar-refractivity contribution in [2.75, 3.05) is 11.9 Å². The van der Waals surface area contributed by atoms with Gasteiger partial charge in [-0.05, 0) is 30.2 Å². The third-order valence-electron chi connectivity index (χ3n) is 4.58. The van der Waals surface area contributed by atoms with Gasteiger partial charge in [0.2, 0.25) is 0 Å². The molecule has 4 rings (SSSR count). The van der Waals surface area contributed by atoms with Crippen LogP contribution in [0.15, 0.2) is 48.7 Å². The van der Waals surface area contributed by atoms with Crippen molar-refractivity contribution in [2.24, 2.45) is 0 Å². The molecule has 0 saturated heterocycles. The van der Waals surface area contributed by atoms with Crippen LogP contribution in [0, 0.1) is 6.92 Å². The maximum absolute atomic E-state index is 12.3. The Morgan fingerprint density at radius 2 is 2.08 bits per heavy atom. The van der Waals surface area contributed by atoms with Crippen LogP contribution in [0.2, 0.25) is 0 Å². The first-order valence-electron chi connectivity index (χ1n) is 8.67. The van der Waals surface area contributed by atoms with Crippen molar-refractivity contribution in [1.82, 2.24) is 14.9 Å². The molecule has 0 radical (unpaired) electrons. The molecular formula is C20H20N4OS. The summed E-state index contributed by atoms with van der Waals surface area (Å²) in [7, 11) is 0. The molecule has 1 aromatic carbocycles. The van der Waals surface area contributed by atoms with Crippen LogP contribution in [-0.4, -0.2) is 27.3 Å². The number of carbonyl (C=O) groups is 1. The zero-order valence-electron chi connectivity index (χ0n) is 14.6. The van der Waals surface area contributed by atoms with Crippen molar-refractivity contribution in [1.29, 1.82) is 0 Å². The van der Waals surface area contributed by atoms with Crippen LogP contribution >= 0.6 is 11.3 Å². The lowest BCUT2D eigenvalue weighted by atomic mass is 10.1. The molecule has 3 heterocycles. The molecule has 0 saturated carbocycles. The number of carbonyl (C=O) groups excluding carboxylic acids is 1. The Bertz CT molecular complexity index is 923. The first kappa shape index (κ1) is 16.9. The van der Waals surface area contributed by atoms with E-state index in [-0.39, 0.29) is 5.91 Å². The van der Waals surface area contributed by atoms with Gasteiger partial charge in [-0.1, -0.05) is 30.3 Å². The number of nitrogens with zero attached hydrogens (tertiary/aromatic N) is 3. The van der Waals surface area contributed by atoms with E-state index in [2.05, 4.69) is 51.4 Å². The summed E-state index contributed by atoms with van der Waals surface area (Å²) in [5.41, 5.74) is 4.20. The minimum absolute atomic E-state index is 0.214. The maximum atomic E-state index is 12.3. The lowest BCUT2D eigenvalue weighted by Gasteiger charge is -2.26. The van der Waals surface area contributed by atoms with E-state index >= 15 is 0 Å². The summed E-state index contributed by atoms with van der Waals surface area (Å²) in [5.74, 6) is -0.214. The Labute approximate surface area is 156 Å². The van der Waals surface area contributed by atoms with Gasteiger partial charge < -0.3 is 0 Å². The lowest BCUT2D eigenvalue weighted by molar-refractivity contribution is 0.102. The third kappa shape index (κ3) is 3.66. The average Bonchev–Trinajstić information content (AvgIpc) is 3.06. The molecule has 1 N–H and O–H groups in total. The Morgan fingerprint density at radius 1 is 1.23 bits per heavy atom. The largest absolute Gasteiger partial charge is 0.296 e. The number of fused-ring (bicyclic) bond motifs is 1. The predicted octanol–water partition coefficient (Wildman–Crippen LogP) is 3.66. The molecule has 0 atom stereocenters. The summed E-state index contributed by atoms with van der Waals surface area (Å²) in [4.78, 5) is 24.6. The Kier molecular flexibility index (Phi) is 4.77. The molecule has 0 bridgehead atoms. The molecule has 0 spiro atoms. The van der Waals surface area contributed by atoms with Crippen LogP contribution in [0.1, 0.15) is 32.2 Å². The number of rotatable bonds is 4. The SMILES string of the molecule is Cc1ccccc1CN1CCc2nc(NC(=O)c3ccccn3)sc2C1. The topological polar surface area (TPSA) is 58.1 Å². The average molecular weight is 364 g/mol. The summed E-state index contributed by atoms with van der Waals surface area (Å²) in [5, 5.41) is 3.53. The molecule has 0 aliphatic carbocycles. The molecule has 1 aliphatic rings. The summed E-state index contributed by atoms with van der Waals surface area (Å²) in [6.07, 6.45) is 2.53. The second-order valence-electron chi connectivity index (χ2n) is 6.45. The lowest BCUT2D eigenvalue weighted by Crippen LogP contribution is -2.29. The van der Waals surface area contributed by atoms with Gasteiger partial charge in [0.05, 0.1) is 5.69 Å². The van der Waals surface area contributed by atoms with Gasteiger partial charge in [-0.3, -0.25) is 20.0 Å². The number of thiazole rings is 1. The molecule has 2 aromatic heterocycles. The van der Waals surface area contributed by atoms with Gasteiger partial charge in [0, 0.05) is 37.1 Å². The highest BCUT2D eigenvalue weighted by atomic mass is 32.1. The standard InChI is InChI=1S/C20H20N4OS/c1-14-6-2-3-7-15(14)12-24-11-9-16-18(13-24)26-20(22-16)23-19(25)17-8-4-5-10-21-17/h2-8,10H,9,11-13H2,1H3,(H,22,23,25). The molecule has 1 aliphatic heterocycles. The van der Waals surface area contributed by atoms with E-state index in [1.54, 1.807) is 35.7 Å². The second-order valence-corrected chi connectivity index (χ2v) is 7.53. The van der Waals surface area contributed by atoms with E-state index in [4.69, 9.17) is 0 Å². The van der Waals surface area contributed by atoms with Gasteiger partial charge >= 0.3 is 0 Å². The highest BCUT2D eigenvalue weighted by Crippen LogP contribution is 2.29. The molecule has 0 unspecified atom stereocenters. The van der Waals surface area contributed by atoms with Crippen LogP contribution in [0.3, 0.4) is 0 Å². The van der Waals surface area contributed by atoms with Crippen LogP contribution < -0.4 is 5.32 Å². The van der Waals surface area contributed by atoms with Crippen molar-refractivity contribution >= 4 is 22.4 Å². The van der Waals surface area contributed by atoms with Gasteiger partial charge in [-0.15, -0.1) is 11.3 Å². The number of hydrogen-bond donors (Lipinski definition) is 1. The van der Waals surface area contributed by atoms with Crippen molar-refractivity contribution < 1.29 is 4.79 Å². The highest BCUT2D eigenvalue weighted by molar-refractivity contribution is 7.15. The number of aryl methyl sites for hydroxylation is 1. The number of hydrogen-bond acceptors (Lipinski definition) is 5. The highest BCUT2D eigenvalue weighted by Gasteiger charge is 2.22. The van der Waals surface area contributed by atoms with Crippen molar-refractivity contribution in [3.05, 3.63) is 76.1 Å². The zero-order valence-corrected chi connectivity index (χ0v) is 15.4. The fourth-order valence-electron chi connectivity index (χ4n) is 3.12. The Hall–Kier alpha value is -2.57. The normalized spacial score (nSPS) is 14.0. The van der Waals surface area contributed by atoms with Crippen LogP contribution in [-0.2, 0) is 19.5 Å². The van der Waals surface area contributed by atoms with Crippen LogP contribution in [0.5, 0.6) is 0 Å². The van der Waals surface area contributed by atoms with Crippen molar-refractivity contribution in [3.63, 3.8) is 0 Å². The Morgan fingerprint density at radius 3 is 2.88 bits per heavy atom. The quantitative estimate of drug-likeness (QED) is 0.768. The summed E-state index contributed by atoms with van der Waals surface area (Å²) < 4.78 is 0. The zero-order chi connectivity index (χ0) is 17.9. The molecule has 132 valence electrons. The Balaban J connectivity index is 1.44. The smallest absolute Gasteiger partial charge is 0.276 e. The van der Waals surface area contributed by atoms with E-state index in [9.17, 15) is 4.79 Å². The minimum Gasteiger partial charge on any atom is -0.296 e. The van der Waals surface area contributed by atoms with Crippen molar-refractivity contribution in [2.45, 2.75) is 26.4 Å². The van der Waals surface area contributed by atoms with E-state index in [1.807, 2.05) is 0 Å². The second kappa shape index (κ2) is 7.35. The maximum Gasteiger partial charge on any atom is 0.276 e. The fourth-order valence-corrected chi connectivity index (χ4v) is 4.17. The van der Waals surface area contributed by atoms with E-state index < -0.39 is 0 Å². The number of anilines is 1. The first-order chi connectivity index (χ1) is 12.7. The molecule has 3 aromatic rings. The molecule has 6 heteroatoms. The predicted molar refractivity (Wildman–Crippen MR) is 103 cm³/mol. The van der Waals surface area contributed by atoms with Gasteiger partial charge in [-0.25, -0.2) is 4.98 Å². The van der Waals surface area contributed by atoms with Crippen molar-refractivity contribution in [3.8, 4) is 0 Å². The third-order valence-corrected chi connectivity index (χ3v) is 5.58. The molecule has 5 nitrogen and oxygen atoms in total. The number of amides is 1. The minimum atomic E-state index is -0.214. The first-order valence-corrected chi connectivity index (χ1v) is 9.48. The van der Waals surface area contributed by atoms with Gasteiger partial charge in [-0.2, -0.15) is 0 Å². The number of pyridine rings is 1. The van der Waals surface area contributed by atoms with Crippen LogP contribution in [0.4, 0.5) is 5.13 Å². The van der Waals surface area contributed by atoms with Gasteiger partial charge in [0.25, 0.3) is 5.91 Å².